The molecule has 0 saturated carbocycles. The Hall–Kier alpha value is -1.85. The van der Waals surface area contributed by atoms with Gasteiger partial charge in [0.25, 0.3) is 0 Å². The highest BCUT2D eigenvalue weighted by atomic mass is 16.6. The number of ether oxygens (including phenoxy) is 3. The van der Waals surface area contributed by atoms with Crippen LogP contribution < -0.4 is 0 Å². The second-order valence-electron chi connectivity index (χ2n) is 24.9. The highest BCUT2D eigenvalue weighted by Gasteiger charge is 2.19. The van der Waals surface area contributed by atoms with Crippen LogP contribution in [0.2, 0.25) is 0 Å². The molecule has 0 spiro atoms. The van der Waals surface area contributed by atoms with Crippen molar-refractivity contribution in [3.8, 4) is 0 Å². The van der Waals surface area contributed by atoms with Gasteiger partial charge in [0, 0.05) is 19.3 Å². The van der Waals surface area contributed by atoms with Crippen LogP contribution in [0.1, 0.15) is 419 Å². The van der Waals surface area contributed by atoms with Crippen molar-refractivity contribution >= 4 is 17.9 Å². The van der Waals surface area contributed by atoms with Crippen molar-refractivity contribution in [3.63, 3.8) is 0 Å². The standard InChI is InChI=1S/C73H140O6/c1-4-7-10-13-16-19-22-25-28-30-32-34-36-38-40-42-45-48-51-54-57-60-63-66-72(75)78-69-70(68-77-71(74)65-62-59-56-53-50-47-44-27-24-21-18-15-12-9-6-3)79-73(76)67-64-61-58-55-52-49-46-43-41-39-37-35-33-31-29-26-23-20-17-14-11-8-5-2/h27,44,70H,4-26,28-43,45-69H2,1-3H3/b44-27-. The molecule has 0 saturated heterocycles. The molecule has 0 amide bonds. The molecule has 468 valence electrons. The normalized spacial score (nSPS) is 12.0. The molecular weight excluding hydrogens is 973 g/mol. The van der Waals surface area contributed by atoms with Crippen LogP contribution in [0.4, 0.5) is 0 Å². The molecule has 1 unspecified atom stereocenters. The van der Waals surface area contributed by atoms with Gasteiger partial charge >= 0.3 is 17.9 Å². The SMILES string of the molecule is CCCCCCCC/C=C\CCCCCCCC(=O)OCC(COC(=O)CCCCCCCCCCCCCCCCCCCCCCCCC)OC(=O)CCCCCCCCCCCCCCCCCCCCCCCCC. The fourth-order valence-electron chi connectivity index (χ4n) is 11.3. The Morgan fingerprint density at radius 3 is 0.633 bits per heavy atom. The van der Waals surface area contributed by atoms with Crippen molar-refractivity contribution in [3.05, 3.63) is 12.2 Å². The lowest BCUT2D eigenvalue weighted by molar-refractivity contribution is -0.167. The first-order chi connectivity index (χ1) is 39.0. The minimum absolute atomic E-state index is 0.0655. The van der Waals surface area contributed by atoms with Gasteiger partial charge in [0.2, 0.25) is 0 Å². The predicted octanol–water partition coefficient (Wildman–Crippen LogP) is 24.8. The van der Waals surface area contributed by atoms with E-state index in [1.807, 2.05) is 0 Å². The van der Waals surface area contributed by atoms with Gasteiger partial charge in [0.15, 0.2) is 6.10 Å². The lowest BCUT2D eigenvalue weighted by Gasteiger charge is -2.18. The van der Waals surface area contributed by atoms with Gasteiger partial charge in [0.1, 0.15) is 13.2 Å². The summed E-state index contributed by atoms with van der Waals surface area (Å²) < 4.78 is 17.0. The van der Waals surface area contributed by atoms with Crippen molar-refractivity contribution in [2.45, 2.75) is 425 Å². The summed E-state index contributed by atoms with van der Waals surface area (Å²) in [6.45, 7) is 6.73. The molecule has 0 bridgehead atoms. The molecule has 0 aliphatic heterocycles. The van der Waals surface area contributed by atoms with Crippen molar-refractivity contribution in [2.24, 2.45) is 0 Å². The molecule has 1 atom stereocenters. The van der Waals surface area contributed by atoms with E-state index in [4.69, 9.17) is 14.2 Å². The molecule has 6 heteroatoms. The maximum Gasteiger partial charge on any atom is 0.306 e. The maximum atomic E-state index is 13.0. The van der Waals surface area contributed by atoms with E-state index in [0.717, 1.165) is 64.2 Å². The quantitative estimate of drug-likeness (QED) is 0.0261. The minimum atomic E-state index is -0.770. The predicted molar refractivity (Wildman–Crippen MR) is 344 cm³/mol. The first-order valence-corrected chi connectivity index (χ1v) is 36.2. The summed E-state index contributed by atoms with van der Waals surface area (Å²) in [5, 5.41) is 0. The van der Waals surface area contributed by atoms with E-state index in [1.165, 1.54) is 315 Å². The number of hydrogen-bond donors (Lipinski definition) is 0. The fraction of sp³-hybridized carbons (Fsp3) is 0.932. The highest BCUT2D eigenvalue weighted by molar-refractivity contribution is 5.71. The van der Waals surface area contributed by atoms with Gasteiger partial charge in [-0.3, -0.25) is 14.4 Å². The molecular formula is C73H140O6. The smallest absolute Gasteiger partial charge is 0.306 e. The highest BCUT2D eigenvalue weighted by Crippen LogP contribution is 2.19. The average molecular weight is 1110 g/mol. The third kappa shape index (κ3) is 66.8. The summed E-state index contributed by atoms with van der Waals surface area (Å²) in [4.78, 5) is 38.5. The van der Waals surface area contributed by atoms with Crippen LogP contribution in [0.15, 0.2) is 12.2 Å². The van der Waals surface area contributed by atoms with Gasteiger partial charge in [-0.2, -0.15) is 0 Å². The van der Waals surface area contributed by atoms with Crippen LogP contribution in [-0.2, 0) is 28.6 Å². The third-order valence-corrected chi connectivity index (χ3v) is 16.8. The van der Waals surface area contributed by atoms with E-state index >= 15 is 0 Å². The lowest BCUT2D eigenvalue weighted by atomic mass is 10.0. The summed E-state index contributed by atoms with van der Waals surface area (Å²) in [7, 11) is 0. The van der Waals surface area contributed by atoms with Crippen LogP contribution in [0.25, 0.3) is 0 Å². The molecule has 79 heavy (non-hydrogen) atoms. The second kappa shape index (κ2) is 68.6. The molecule has 6 nitrogen and oxygen atoms in total. The number of carbonyl (C=O) groups is 3. The number of esters is 3. The Morgan fingerprint density at radius 1 is 0.241 bits per heavy atom. The van der Waals surface area contributed by atoms with Crippen LogP contribution in [0.5, 0.6) is 0 Å². The zero-order valence-electron chi connectivity index (χ0n) is 53.9. The molecule has 0 radical (unpaired) electrons. The van der Waals surface area contributed by atoms with Gasteiger partial charge in [0.05, 0.1) is 0 Å². The van der Waals surface area contributed by atoms with Crippen molar-refractivity contribution in [2.75, 3.05) is 13.2 Å². The van der Waals surface area contributed by atoms with Gasteiger partial charge in [-0.15, -0.1) is 0 Å². The van der Waals surface area contributed by atoms with E-state index in [1.54, 1.807) is 0 Å². The van der Waals surface area contributed by atoms with Crippen molar-refractivity contribution in [1.29, 1.82) is 0 Å². The zero-order chi connectivity index (χ0) is 57.1. The number of rotatable bonds is 68. The van der Waals surface area contributed by atoms with Gasteiger partial charge < -0.3 is 14.2 Å². The molecule has 0 fully saturated rings. The molecule has 0 N–H and O–H groups in total. The Kier molecular flexibility index (Phi) is 67.0. The molecule has 0 aliphatic carbocycles. The summed E-state index contributed by atoms with van der Waals surface area (Å²) in [5.41, 5.74) is 0. The largest absolute Gasteiger partial charge is 0.462 e. The lowest BCUT2D eigenvalue weighted by Crippen LogP contribution is -2.30. The number of carbonyl (C=O) groups excluding carboxylic acids is 3. The van der Waals surface area contributed by atoms with Crippen LogP contribution in [0.3, 0.4) is 0 Å². The third-order valence-electron chi connectivity index (χ3n) is 16.8. The Bertz CT molecular complexity index is 1230. The first-order valence-electron chi connectivity index (χ1n) is 36.2. The fourth-order valence-corrected chi connectivity index (χ4v) is 11.3. The van der Waals surface area contributed by atoms with Crippen molar-refractivity contribution < 1.29 is 28.6 Å². The van der Waals surface area contributed by atoms with E-state index in [2.05, 4.69) is 32.9 Å². The monoisotopic (exact) mass is 1110 g/mol. The van der Waals surface area contributed by atoms with E-state index in [-0.39, 0.29) is 31.1 Å². The van der Waals surface area contributed by atoms with Crippen LogP contribution in [0, 0.1) is 0 Å². The molecule has 0 aromatic carbocycles. The van der Waals surface area contributed by atoms with E-state index < -0.39 is 6.10 Å². The summed E-state index contributed by atoms with van der Waals surface area (Å²) in [6.07, 6.45) is 82.5. The number of allylic oxidation sites excluding steroid dienone is 2. The molecule has 0 aliphatic rings. The van der Waals surface area contributed by atoms with E-state index in [9.17, 15) is 14.4 Å². The zero-order valence-corrected chi connectivity index (χ0v) is 53.9. The Balaban J connectivity index is 4.24. The minimum Gasteiger partial charge on any atom is -0.462 e. The summed E-state index contributed by atoms with van der Waals surface area (Å²) in [5.74, 6) is -0.837. The molecule has 0 aromatic heterocycles. The number of unbranched alkanes of at least 4 members (excludes halogenated alkanes) is 55. The van der Waals surface area contributed by atoms with Crippen LogP contribution >= 0.6 is 0 Å². The molecule has 0 aromatic rings. The summed E-state index contributed by atoms with van der Waals surface area (Å²) >= 11 is 0. The first kappa shape index (κ1) is 77.2. The van der Waals surface area contributed by atoms with Gasteiger partial charge in [-0.05, 0) is 44.9 Å². The van der Waals surface area contributed by atoms with E-state index in [0.29, 0.717) is 19.3 Å². The number of hydrogen-bond acceptors (Lipinski definition) is 6. The topological polar surface area (TPSA) is 78.9 Å². The Morgan fingerprint density at radius 2 is 0.418 bits per heavy atom. The Labute approximate surface area is 494 Å². The van der Waals surface area contributed by atoms with Crippen molar-refractivity contribution in [1.82, 2.24) is 0 Å². The van der Waals surface area contributed by atoms with Gasteiger partial charge in [-0.25, -0.2) is 0 Å². The van der Waals surface area contributed by atoms with Crippen LogP contribution in [-0.4, -0.2) is 37.2 Å². The maximum absolute atomic E-state index is 13.0. The van der Waals surface area contributed by atoms with Gasteiger partial charge in [-0.1, -0.05) is 367 Å². The second-order valence-corrected chi connectivity index (χ2v) is 24.9. The summed E-state index contributed by atoms with van der Waals surface area (Å²) in [6, 6.07) is 0. The average Bonchev–Trinajstić information content (AvgIpc) is 3.45. The molecule has 0 rings (SSSR count). The molecule has 0 heterocycles.